The van der Waals surface area contributed by atoms with Crippen LogP contribution in [0.1, 0.15) is 196 Å². The highest BCUT2D eigenvalue weighted by Gasteiger charge is 2.59. The van der Waals surface area contributed by atoms with E-state index in [1.807, 2.05) is 0 Å². The highest BCUT2D eigenvalue weighted by Crippen LogP contribution is 2.67. The molecule has 0 aromatic rings. The number of hydrogen-bond donors (Lipinski definition) is 0. The second-order valence-corrected chi connectivity index (χ2v) is 22.2. The molecule has 4 aliphatic carbocycles. The van der Waals surface area contributed by atoms with E-state index < -0.39 is 0 Å². The third-order valence-electron chi connectivity index (χ3n) is 17.2. The molecule has 0 aromatic carbocycles. The Hall–Kier alpha value is -1.02. The van der Waals surface area contributed by atoms with Crippen LogP contribution in [0.15, 0.2) is 36.0 Å². The Morgan fingerprint density at radius 3 is 2.32 bits per heavy atom. The fourth-order valence-corrected chi connectivity index (χ4v) is 13.3. The standard InChI is InChI=1S/C57H101NO5/c1-8-9-10-11-12-13-14-15-16-17-18-19-20-21-22-23-36-60-45-51(43-58-35-37-61-44-48(58)5)63-41-39-59-38-40-62-50-31-33-56(6)49(42-50)27-28-52-54-30-29-53(47(4)26-24-25-46(2)3)57(54,7)34-32-55(52)56/h12-13,15-16,27,46-48,50-55H,8-11,14,17-26,28-45H2,1-7H3/b13-12-,16-15-/t47-,48+,50+,51-,52?,53-,54+,55+,56+,57-/m1/s1. The first-order valence-corrected chi connectivity index (χ1v) is 27.4. The molecule has 0 radical (unpaired) electrons. The molecule has 364 valence electrons. The van der Waals surface area contributed by atoms with Crippen LogP contribution in [0, 0.1) is 46.3 Å². The Morgan fingerprint density at radius 2 is 1.54 bits per heavy atom. The monoisotopic (exact) mass is 880 g/mol. The summed E-state index contributed by atoms with van der Waals surface area (Å²) in [6.07, 6.45) is 42.7. The van der Waals surface area contributed by atoms with E-state index in [0.717, 1.165) is 87.7 Å². The van der Waals surface area contributed by atoms with Crippen molar-refractivity contribution in [2.24, 2.45) is 46.3 Å². The van der Waals surface area contributed by atoms with E-state index in [-0.39, 0.29) is 6.10 Å². The van der Waals surface area contributed by atoms with E-state index in [1.165, 1.54) is 128 Å². The molecule has 1 aliphatic heterocycles. The number of fused-ring (bicyclic) bond motifs is 5. The Bertz CT molecular complexity index is 1310. The van der Waals surface area contributed by atoms with Crippen molar-refractivity contribution in [2.45, 2.75) is 214 Å². The molecule has 0 aromatic heterocycles. The lowest BCUT2D eigenvalue weighted by Crippen LogP contribution is -2.51. The molecule has 3 saturated carbocycles. The van der Waals surface area contributed by atoms with Crippen molar-refractivity contribution in [3.05, 3.63) is 36.0 Å². The van der Waals surface area contributed by atoms with Crippen LogP contribution in [-0.4, -0.2) is 89.1 Å². The van der Waals surface area contributed by atoms with Gasteiger partial charge in [0.25, 0.3) is 0 Å². The van der Waals surface area contributed by atoms with Crippen LogP contribution in [0.3, 0.4) is 0 Å². The van der Waals surface area contributed by atoms with E-state index in [1.54, 1.807) is 5.57 Å². The summed E-state index contributed by atoms with van der Waals surface area (Å²) >= 11 is 0. The third-order valence-corrected chi connectivity index (χ3v) is 17.2. The summed E-state index contributed by atoms with van der Waals surface area (Å²) in [6, 6.07) is 0.408. The molecular formula is C57H101NO5. The van der Waals surface area contributed by atoms with Crippen molar-refractivity contribution < 1.29 is 23.7 Å². The minimum Gasteiger partial charge on any atom is -0.379 e. The molecule has 63 heavy (non-hydrogen) atoms. The molecule has 5 rings (SSSR count). The number of hydrogen-bond acceptors (Lipinski definition) is 6. The van der Waals surface area contributed by atoms with E-state index in [2.05, 4.69) is 83.7 Å². The van der Waals surface area contributed by atoms with Crippen LogP contribution in [0.25, 0.3) is 0 Å². The summed E-state index contributed by atoms with van der Waals surface area (Å²) in [4.78, 5) is 2.50. The molecule has 6 nitrogen and oxygen atoms in total. The second kappa shape index (κ2) is 29.0. The van der Waals surface area contributed by atoms with Crippen LogP contribution < -0.4 is 0 Å². The van der Waals surface area contributed by atoms with Gasteiger partial charge in [-0.25, -0.2) is 0 Å². The fraction of sp³-hybridized carbons (Fsp3) is 0.895. The molecule has 1 unspecified atom stereocenters. The lowest BCUT2D eigenvalue weighted by molar-refractivity contribution is -0.0812. The summed E-state index contributed by atoms with van der Waals surface area (Å²) < 4.78 is 31.0. The predicted octanol–water partition coefficient (Wildman–Crippen LogP) is 14.4. The van der Waals surface area contributed by atoms with Crippen molar-refractivity contribution in [1.29, 1.82) is 0 Å². The lowest BCUT2D eigenvalue weighted by Gasteiger charge is -2.58. The largest absolute Gasteiger partial charge is 0.379 e. The van der Waals surface area contributed by atoms with Crippen LogP contribution in [0.2, 0.25) is 0 Å². The van der Waals surface area contributed by atoms with Gasteiger partial charge in [0.05, 0.1) is 58.5 Å². The molecule has 0 N–H and O–H groups in total. The summed E-state index contributed by atoms with van der Waals surface area (Å²) in [7, 11) is 0. The molecule has 4 fully saturated rings. The normalized spacial score (nSPS) is 31.1. The minimum absolute atomic E-state index is 0.0473. The van der Waals surface area contributed by atoms with Crippen LogP contribution in [0.4, 0.5) is 0 Å². The SMILES string of the molecule is CCCCC/C=C\C/C=C\CCCCCCCCOC[C@@H](CN1CCOC[C@@H]1C)OCCOCCO[C@H]1CC[C@@]2(C)C(=CCC3[C@@H]4CC[C@H]([C@H](C)CCCC(C)C)[C@@]4(C)CC[C@@H]32)C1. The van der Waals surface area contributed by atoms with E-state index in [9.17, 15) is 0 Å². The number of ether oxygens (including phenoxy) is 5. The second-order valence-electron chi connectivity index (χ2n) is 22.2. The zero-order valence-electron chi connectivity index (χ0n) is 42.4. The predicted molar refractivity (Wildman–Crippen MR) is 265 cm³/mol. The molecule has 0 spiro atoms. The Labute approximate surface area is 389 Å². The van der Waals surface area contributed by atoms with E-state index in [4.69, 9.17) is 23.7 Å². The van der Waals surface area contributed by atoms with Crippen molar-refractivity contribution in [3.8, 4) is 0 Å². The van der Waals surface area contributed by atoms with Gasteiger partial charge in [0.15, 0.2) is 0 Å². The van der Waals surface area contributed by atoms with Gasteiger partial charge in [0.1, 0.15) is 0 Å². The van der Waals surface area contributed by atoms with Gasteiger partial charge in [-0.1, -0.05) is 135 Å². The van der Waals surface area contributed by atoms with Gasteiger partial charge in [-0.05, 0) is 143 Å². The number of unbranched alkanes of at least 4 members (excludes halogenated alkanes) is 9. The molecule has 0 amide bonds. The first-order valence-electron chi connectivity index (χ1n) is 27.4. The lowest BCUT2D eigenvalue weighted by atomic mass is 9.47. The maximum atomic E-state index is 6.52. The highest BCUT2D eigenvalue weighted by atomic mass is 16.6. The zero-order chi connectivity index (χ0) is 44.8. The average Bonchev–Trinajstić information content (AvgIpc) is 3.63. The molecule has 1 heterocycles. The number of rotatable bonds is 32. The Morgan fingerprint density at radius 1 is 0.778 bits per heavy atom. The van der Waals surface area contributed by atoms with Gasteiger partial charge in [0, 0.05) is 25.7 Å². The van der Waals surface area contributed by atoms with Gasteiger partial charge in [0.2, 0.25) is 0 Å². The third kappa shape index (κ3) is 16.9. The first-order chi connectivity index (χ1) is 30.7. The molecular weight excluding hydrogens is 779 g/mol. The molecule has 1 saturated heterocycles. The van der Waals surface area contributed by atoms with Gasteiger partial charge in [-0.3, -0.25) is 4.90 Å². The summed E-state index contributed by atoms with van der Waals surface area (Å²) in [5, 5.41) is 0. The Kier molecular flexibility index (Phi) is 24.4. The van der Waals surface area contributed by atoms with Crippen molar-refractivity contribution in [2.75, 3.05) is 65.9 Å². The van der Waals surface area contributed by atoms with Gasteiger partial charge >= 0.3 is 0 Å². The van der Waals surface area contributed by atoms with Crippen molar-refractivity contribution in [1.82, 2.24) is 4.90 Å². The van der Waals surface area contributed by atoms with E-state index in [0.29, 0.717) is 56.0 Å². The summed E-state index contributed by atoms with van der Waals surface area (Å²) in [5.74, 6) is 5.33. The highest BCUT2D eigenvalue weighted by molar-refractivity contribution is 5.25. The first kappa shape index (κ1) is 52.9. The van der Waals surface area contributed by atoms with Crippen molar-refractivity contribution >= 4 is 0 Å². The quantitative estimate of drug-likeness (QED) is 0.0496. The minimum atomic E-state index is 0.0473. The summed E-state index contributed by atoms with van der Waals surface area (Å²) in [5.41, 5.74) is 2.66. The smallest absolute Gasteiger partial charge is 0.0936 e. The van der Waals surface area contributed by atoms with Gasteiger partial charge in [-0.15, -0.1) is 0 Å². The number of morpholine rings is 1. The number of nitrogens with zero attached hydrogens (tertiary/aromatic N) is 1. The average molecular weight is 880 g/mol. The molecule has 0 bridgehead atoms. The van der Waals surface area contributed by atoms with E-state index >= 15 is 0 Å². The maximum Gasteiger partial charge on any atom is 0.0936 e. The zero-order valence-corrected chi connectivity index (χ0v) is 42.4. The van der Waals surface area contributed by atoms with Crippen molar-refractivity contribution in [3.63, 3.8) is 0 Å². The molecule has 5 aliphatic rings. The van der Waals surface area contributed by atoms with Crippen LogP contribution in [0.5, 0.6) is 0 Å². The maximum absolute atomic E-state index is 6.52. The summed E-state index contributed by atoms with van der Waals surface area (Å²) in [6.45, 7) is 24.6. The van der Waals surface area contributed by atoms with Gasteiger partial charge in [-0.2, -0.15) is 0 Å². The Balaban J connectivity index is 0.925. The molecule has 6 heteroatoms. The van der Waals surface area contributed by atoms with Crippen LogP contribution in [-0.2, 0) is 23.7 Å². The van der Waals surface area contributed by atoms with Gasteiger partial charge < -0.3 is 23.7 Å². The number of allylic oxidation sites excluding steroid dienone is 5. The fourth-order valence-electron chi connectivity index (χ4n) is 13.3. The van der Waals surface area contributed by atoms with Crippen LogP contribution >= 0.6 is 0 Å². The topological polar surface area (TPSA) is 49.4 Å². The molecule has 10 atom stereocenters.